The zero-order valence-electron chi connectivity index (χ0n) is 30.9. The van der Waals surface area contributed by atoms with E-state index in [2.05, 4.69) is 56.6 Å². The molecule has 0 aliphatic carbocycles. The molecule has 0 atom stereocenters. The molecule has 16 heteroatoms. The molecule has 0 amide bonds. The van der Waals surface area contributed by atoms with Crippen LogP contribution in [-0.2, 0) is 25.9 Å². The molecule has 14 nitrogen and oxygen atoms in total. The molecule has 0 fully saturated rings. The van der Waals surface area contributed by atoms with Crippen LogP contribution in [0, 0.1) is 5.82 Å². The predicted molar refractivity (Wildman–Crippen MR) is 214 cm³/mol. The van der Waals surface area contributed by atoms with Gasteiger partial charge in [-0.3, -0.25) is 24.4 Å². The fourth-order valence-electron chi connectivity index (χ4n) is 5.81. The maximum atomic E-state index is 15.3. The van der Waals surface area contributed by atoms with Crippen molar-refractivity contribution in [2.45, 2.75) is 39.5 Å². The Balaban J connectivity index is 0.000000268. The number of aromatic nitrogens is 9. The molecule has 2 N–H and O–H groups in total. The van der Waals surface area contributed by atoms with E-state index >= 15 is 4.39 Å². The molecule has 6 aromatic heterocycles. The lowest BCUT2D eigenvalue weighted by Crippen LogP contribution is -2.25. The quantitative estimate of drug-likeness (QED) is 0.184. The van der Waals surface area contributed by atoms with Gasteiger partial charge in [-0.25, -0.2) is 19.3 Å². The fraction of sp³-hybridized carbons (Fsp3) is 0.205. The minimum absolute atomic E-state index is 0.0372. The third-order valence-corrected chi connectivity index (χ3v) is 9.02. The van der Waals surface area contributed by atoms with Crippen LogP contribution < -0.4 is 27.3 Å². The Bertz CT molecular complexity index is 2700. The van der Waals surface area contributed by atoms with Crippen LogP contribution in [0.25, 0.3) is 27.7 Å². The second-order valence-corrected chi connectivity index (χ2v) is 14.4. The Kier molecular flexibility index (Phi) is 11.1. The Hall–Kier alpha value is -6.42. The van der Waals surface area contributed by atoms with Gasteiger partial charge < -0.3 is 19.8 Å². The topological polar surface area (TPSA) is 167 Å². The van der Waals surface area contributed by atoms with Gasteiger partial charge >= 0.3 is 0 Å². The van der Waals surface area contributed by atoms with Crippen LogP contribution >= 0.6 is 15.9 Å². The monoisotopic (exact) mass is 805 g/mol. The van der Waals surface area contributed by atoms with Crippen molar-refractivity contribution in [2.24, 2.45) is 14.1 Å². The predicted octanol–water partition coefficient (Wildman–Crippen LogP) is 6.36. The maximum absolute atomic E-state index is 15.3. The van der Waals surface area contributed by atoms with E-state index in [1.54, 1.807) is 75.7 Å². The number of rotatable bonds is 7. The number of benzene rings is 1. The number of nitrogens with one attached hydrogen (secondary N) is 2. The lowest BCUT2D eigenvalue weighted by atomic mass is 9.86. The summed E-state index contributed by atoms with van der Waals surface area (Å²) in [6.45, 7) is 7.89. The van der Waals surface area contributed by atoms with Crippen molar-refractivity contribution in [3.05, 3.63) is 145 Å². The summed E-state index contributed by atoms with van der Waals surface area (Å²) in [4.78, 5) is 58.8. The summed E-state index contributed by atoms with van der Waals surface area (Å²) < 4.78 is 20.2. The van der Waals surface area contributed by atoms with E-state index in [1.165, 1.54) is 33.8 Å². The van der Waals surface area contributed by atoms with Gasteiger partial charge in [0.25, 0.3) is 16.7 Å². The second kappa shape index (κ2) is 15.9. The molecule has 0 aliphatic rings. The molecular formula is C39H37BrFN11O3. The number of aryl methyl sites for hydroxylation is 2. The Morgan fingerprint density at radius 2 is 1.38 bits per heavy atom. The van der Waals surface area contributed by atoms with E-state index in [4.69, 9.17) is 0 Å². The molecule has 7 aromatic rings. The molecule has 0 saturated heterocycles. The minimum atomic E-state index is -0.592. The third kappa shape index (κ3) is 8.38. The maximum Gasteiger partial charge on any atom is 0.283 e. The first kappa shape index (κ1) is 38.3. The van der Waals surface area contributed by atoms with Crippen LogP contribution in [0.4, 0.5) is 27.4 Å². The van der Waals surface area contributed by atoms with Crippen molar-refractivity contribution in [1.82, 2.24) is 43.8 Å². The van der Waals surface area contributed by atoms with Gasteiger partial charge in [-0.1, -0.05) is 27.7 Å². The van der Waals surface area contributed by atoms with Gasteiger partial charge in [-0.15, -0.1) is 0 Å². The van der Waals surface area contributed by atoms with Crippen LogP contribution in [0.2, 0.25) is 0 Å². The number of nitrogens with zero attached hydrogens (tertiary/aromatic N) is 9. The second-order valence-electron chi connectivity index (χ2n) is 13.5. The van der Waals surface area contributed by atoms with E-state index < -0.39 is 11.4 Å². The Labute approximate surface area is 323 Å². The van der Waals surface area contributed by atoms with Gasteiger partial charge in [0.15, 0.2) is 5.82 Å². The number of halogens is 2. The van der Waals surface area contributed by atoms with Crippen LogP contribution in [0.15, 0.2) is 111 Å². The lowest BCUT2D eigenvalue weighted by Gasteiger charge is -2.20. The van der Waals surface area contributed by atoms with Crippen LogP contribution in [-0.4, -0.2) is 43.8 Å². The van der Waals surface area contributed by atoms with Crippen molar-refractivity contribution in [3.8, 4) is 16.9 Å². The van der Waals surface area contributed by atoms with E-state index in [0.29, 0.717) is 40.6 Å². The zero-order chi connectivity index (χ0) is 39.4. The third-order valence-electron chi connectivity index (χ3n) is 8.59. The molecule has 6 heterocycles. The average Bonchev–Trinajstić information content (AvgIpc) is 3.16. The minimum Gasteiger partial charge on any atom is -0.334 e. The fourth-order valence-corrected chi connectivity index (χ4v) is 6.35. The smallest absolute Gasteiger partial charge is 0.283 e. The standard InChI is InChI=1S/C29H28FN7O2.C10H9BrN4O/c1-6-20-21(18-12-23(27(38)36(5)16-18)35-24-15-31-9-10-32-24)7-8-33-26(20)37-28(39)25-17(14-34-37)11-19(13-22(25)30)29(2,3)4;1-15-6-7(11)4-8(10(15)16)14-9-5-12-2-3-13-9/h7-16H,6H2,1-5H3,(H,32,35);2-6H,1H3,(H,13,14). The zero-order valence-corrected chi connectivity index (χ0v) is 32.5. The van der Waals surface area contributed by atoms with E-state index in [0.717, 1.165) is 31.4 Å². The first-order valence-electron chi connectivity index (χ1n) is 17.1. The van der Waals surface area contributed by atoms with Crippen molar-refractivity contribution < 1.29 is 4.39 Å². The summed E-state index contributed by atoms with van der Waals surface area (Å²) in [5.41, 5.74) is 2.52. The molecule has 0 aliphatic heterocycles. The van der Waals surface area contributed by atoms with Gasteiger partial charge in [0.05, 0.1) is 24.0 Å². The molecule has 0 unspecified atom stereocenters. The highest BCUT2D eigenvalue weighted by Crippen LogP contribution is 2.30. The van der Waals surface area contributed by atoms with E-state index in [1.807, 2.05) is 33.8 Å². The molecule has 0 saturated carbocycles. The number of fused-ring (bicyclic) bond motifs is 1. The molecule has 280 valence electrons. The van der Waals surface area contributed by atoms with Gasteiger partial charge in [0.1, 0.15) is 28.8 Å². The molecule has 55 heavy (non-hydrogen) atoms. The summed E-state index contributed by atoms with van der Waals surface area (Å²) in [6.07, 6.45) is 16.3. The Morgan fingerprint density at radius 3 is 1.96 bits per heavy atom. The lowest BCUT2D eigenvalue weighted by molar-refractivity contribution is 0.576. The van der Waals surface area contributed by atoms with Crippen molar-refractivity contribution in [1.29, 1.82) is 0 Å². The van der Waals surface area contributed by atoms with Gasteiger partial charge in [0, 0.05) is 78.5 Å². The summed E-state index contributed by atoms with van der Waals surface area (Å²) in [5.74, 6) is 0.684. The van der Waals surface area contributed by atoms with Crippen molar-refractivity contribution >= 4 is 49.7 Å². The van der Waals surface area contributed by atoms with E-state index in [-0.39, 0.29) is 21.9 Å². The normalized spacial score (nSPS) is 11.2. The molecule has 1 aromatic carbocycles. The highest BCUT2D eigenvalue weighted by atomic mass is 79.9. The number of pyridine rings is 3. The highest BCUT2D eigenvalue weighted by Gasteiger charge is 2.21. The van der Waals surface area contributed by atoms with Crippen molar-refractivity contribution in [2.75, 3.05) is 10.6 Å². The highest BCUT2D eigenvalue weighted by molar-refractivity contribution is 9.10. The Morgan fingerprint density at radius 1 is 0.764 bits per heavy atom. The van der Waals surface area contributed by atoms with E-state index in [9.17, 15) is 14.4 Å². The molecule has 0 spiro atoms. The number of hydrogen-bond donors (Lipinski definition) is 2. The van der Waals surface area contributed by atoms with Gasteiger partial charge in [-0.05, 0) is 69.2 Å². The largest absolute Gasteiger partial charge is 0.334 e. The number of anilines is 4. The molecule has 7 rings (SSSR count). The molecular weight excluding hydrogens is 769 g/mol. The van der Waals surface area contributed by atoms with Gasteiger partial charge in [0.2, 0.25) is 0 Å². The summed E-state index contributed by atoms with van der Waals surface area (Å²) in [5, 5.41) is 10.7. The SMILES string of the molecule is CCc1c(-c2cc(Nc3cnccn3)c(=O)n(C)c2)ccnc1-n1ncc2cc(C(C)(C)C)cc(F)c2c1=O.Cn1cc(Br)cc(Nc2cnccn2)c1=O. The average molecular weight is 807 g/mol. The molecule has 0 bridgehead atoms. The molecule has 0 radical (unpaired) electrons. The number of hydrogen-bond acceptors (Lipinski definition) is 11. The van der Waals surface area contributed by atoms with Crippen LogP contribution in [0.5, 0.6) is 0 Å². The first-order chi connectivity index (χ1) is 26.2. The van der Waals surface area contributed by atoms with Gasteiger partial charge in [-0.2, -0.15) is 9.78 Å². The first-order valence-corrected chi connectivity index (χ1v) is 17.9. The summed E-state index contributed by atoms with van der Waals surface area (Å²) >= 11 is 3.32. The van der Waals surface area contributed by atoms with Crippen LogP contribution in [0.3, 0.4) is 0 Å². The summed E-state index contributed by atoms with van der Waals surface area (Å²) in [7, 11) is 3.35. The summed E-state index contributed by atoms with van der Waals surface area (Å²) in [6, 6.07) is 8.46. The van der Waals surface area contributed by atoms with Crippen molar-refractivity contribution in [3.63, 3.8) is 0 Å². The van der Waals surface area contributed by atoms with Crippen LogP contribution in [0.1, 0.15) is 38.8 Å².